The van der Waals surface area contributed by atoms with Gasteiger partial charge in [-0.15, -0.1) is 0 Å². The summed E-state index contributed by atoms with van der Waals surface area (Å²) in [6.07, 6.45) is 0. The second-order valence-corrected chi connectivity index (χ2v) is 8.70. The van der Waals surface area contributed by atoms with Crippen LogP contribution in [0, 0.1) is 0 Å². The first kappa shape index (κ1) is 18.6. The molecule has 1 atom stereocenters. The van der Waals surface area contributed by atoms with E-state index in [4.69, 9.17) is 5.11 Å². The van der Waals surface area contributed by atoms with Gasteiger partial charge in [0.25, 0.3) is 0 Å². The molecule has 1 aromatic rings. The molecule has 6 heteroatoms. The highest BCUT2D eigenvalue weighted by Gasteiger charge is 2.21. The predicted molar refractivity (Wildman–Crippen MR) is 86.9 cm³/mol. The maximum atomic E-state index is 12.3. The Labute approximate surface area is 132 Å². The van der Waals surface area contributed by atoms with E-state index in [1.54, 1.807) is 19.2 Å². The van der Waals surface area contributed by atoms with Crippen molar-refractivity contribution in [3.05, 3.63) is 29.8 Å². The molecule has 0 saturated heterocycles. The molecule has 0 spiro atoms. The van der Waals surface area contributed by atoms with Gasteiger partial charge in [0.1, 0.15) is 6.04 Å². The van der Waals surface area contributed by atoms with Gasteiger partial charge < -0.3 is 5.11 Å². The van der Waals surface area contributed by atoms with Crippen LogP contribution in [0.15, 0.2) is 29.2 Å². The zero-order chi connectivity index (χ0) is 17.1. The molecular formula is C16H25NO4S. The summed E-state index contributed by atoms with van der Waals surface area (Å²) in [5, 5.41) is 8.91. The van der Waals surface area contributed by atoms with Crippen LogP contribution >= 0.6 is 0 Å². The van der Waals surface area contributed by atoms with Crippen LogP contribution in [0.4, 0.5) is 0 Å². The fourth-order valence-corrected chi connectivity index (χ4v) is 3.24. The van der Waals surface area contributed by atoms with Crippen LogP contribution in [0.5, 0.6) is 0 Å². The number of hydrogen-bond donors (Lipinski definition) is 1. The van der Waals surface area contributed by atoms with Crippen molar-refractivity contribution in [2.75, 3.05) is 19.3 Å². The Morgan fingerprint density at radius 3 is 2.14 bits per heavy atom. The van der Waals surface area contributed by atoms with Crippen LogP contribution in [0.1, 0.15) is 33.3 Å². The number of nitrogens with zero attached hydrogens (tertiary/aromatic N) is 1. The summed E-state index contributed by atoms with van der Waals surface area (Å²) in [6, 6.07) is 6.19. The van der Waals surface area contributed by atoms with E-state index in [0.29, 0.717) is 0 Å². The van der Waals surface area contributed by atoms with Crippen molar-refractivity contribution in [1.82, 2.24) is 4.90 Å². The number of aliphatic carboxylic acids is 1. The Morgan fingerprint density at radius 1 is 1.23 bits per heavy atom. The van der Waals surface area contributed by atoms with E-state index in [9.17, 15) is 13.2 Å². The fraction of sp³-hybridized carbons (Fsp3) is 0.562. The molecule has 1 unspecified atom stereocenters. The van der Waals surface area contributed by atoms with Gasteiger partial charge in [-0.05, 0) is 37.1 Å². The van der Waals surface area contributed by atoms with E-state index in [1.807, 2.05) is 12.1 Å². The molecule has 0 aliphatic rings. The maximum absolute atomic E-state index is 12.3. The number of benzene rings is 1. The first-order valence-corrected chi connectivity index (χ1v) is 8.87. The van der Waals surface area contributed by atoms with E-state index < -0.39 is 21.8 Å². The smallest absolute Gasteiger partial charge is 0.320 e. The zero-order valence-corrected chi connectivity index (χ0v) is 14.6. The highest BCUT2D eigenvalue weighted by molar-refractivity contribution is 7.91. The van der Waals surface area contributed by atoms with Crippen LogP contribution in [-0.4, -0.2) is 49.8 Å². The van der Waals surface area contributed by atoms with Crippen molar-refractivity contribution in [3.8, 4) is 0 Å². The molecule has 0 bridgehead atoms. The number of carbonyl (C=O) groups is 1. The molecule has 22 heavy (non-hydrogen) atoms. The molecule has 124 valence electrons. The van der Waals surface area contributed by atoms with E-state index >= 15 is 0 Å². The van der Waals surface area contributed by atoms with Crippen molar-refractivity contribution in [2.45, 2.75) is 44.0 Å². The first-order chi connectivity index (χ1) is 9.95. The van der Waals surface area contributed by atoms with Crippen LogP contribution < -0.4 is 0 Å². The highest BCUT2D eigenvalue weighted by Crippen LogP contribution is 2.23. The number of likely N-dealkylation sites (N-methyl/N-ethyl adjacent to an activating group) is 1. The summed E-state index contributed by atoms with van der Waals surface area (Å²) in [5.74, 6) is -1.06. The van der Waals surface area contributed by atoms with E-state index in [2.05, 4.69) is 20.8 Å². The summed E-state index contributed by atoms with van der Waals surface area (Å²) in [6.45, 7) is 7.92. The quantitative estimate of drug-likeness (QED) is 0.866. The maximum Gasteiger partial charge on any atom is 0.320 e. The third-order valence-corrected chi connectivity index (χ3v) is 5.52. The van der Waals surface area contributed by atoms with Gasteiger partial charge in [0, 0.05) is 6.54 Å². The lowest BCUT2D eigenvalue weighted by molar-refractivity contribution is -0.142. The first-order valence-electron chi connectivity index (χ1n) is 7.21. The van der Waals surface area contributed by atoms with E-state index in [-0.39, 0.29) is 22.6 Å². The molecule has 0 heterocycles. The van der Waals surface area contributed by atoms with Crippen molar-refractivity contribution >= 4 is 15.8 Å². The molecular weight excluding hydrogens is 302 g/mol. The minimum atomic E-state index is -3.41. The summed E-state index contributed by atoms with van der Waals surface area (Å²) in [7, 11) is -1.80. The van der Waals surface area contributed by atoms with Gasteiger partial charge in [-0.25, -0.2) is 8.42 Å². The Kier molecular flexibility index (Phi) is 5.76. The predicted octanol–water partition coefficient (Wildman–Crippen LogP) is 2.16. The monoisotopic (exact) mass is 327 g/mol. The SMILES string of the molecule is CC(C(=O)O)N(C)CCS(=O)(=O)c1ccc(C(C)(C)C)cc1. The zero-order valence-electron chi connectivity index (χ0n) is 13.8. The van der Waals surface area contributed by atoms with E-state index in [1.165, 1.54) is 11.8 Å². The standard InChI is InChI=1S/C16H25NO4S/c1-12(15(18)19)17(5)10-11-22(20,21)14-8-6-13(7-9-14)16(2,3)4/h6-9,12H,10-11H2,1-5H3,(H,18,19). The van der Waals surface area contributed by atoms with Crippen LogP contribution in [0.2, 0.25) is 0 Å². The number of carboxylic acid groups (broad SMARTS) is 1. The van der Waals surface area contributed by atoms with Crippen molar-refractivity contribution in [1.29, 1.82) is 0 Å². The van der Waals surface area contributed by atoms with Gasteiger partial charge in [0.15, 0.2) is 9.84 Å². The van der Waals surface area contributed by atoms with Gasteiger partial charge in [-0.2, -0.15) is 0 Å². The number of carboxylic acids is 1. The third kappa shape index (κ3) is 4.81. The van der Waals surface area contributed by atoms with Gasteiger partial charge in [0.05, 0.1) is 10.6 Å². The third-order valence-electron chi connectivity index (χ3n) is 3.81. The van der Waals surface area contributed by atoms with Crippen LogP contribution in [-0.2, 0) is 20.0 Å². The van der Waals surface area contributed by atoms with Crippen LogP contribution in [0.25, 0.3) is 0 Å². The molecule has 0 aromatic heterocycles. The molecule has 0 radical (unpaired) electrons. The molecule has 1 rings (SSSR count). The molecule has 5 nitrogen and oxygen atoms in total. The second kappa shape index (κ2) is 6.79. The Hall–Kier alpha value is -1.40. The molecule has 0 aliphatic heterocycles. The lowest BCUT2D eigenvalue weighted by atomic mass is 9.87. The van der Waals surface area contributed by atoms with Gasteiger partial charge in [-0.3, -0.25) is 9.69 Å². The summed E-state index contributed by atoms with van der Waals surface area (Å²) in [4.78, 5) is 12.7. The van der Waals surface area contributed by atoms with Crippen molar-refractivity contribution in [3.63, 3.8) is 0 Å². The summed E-state index contributed by atoms with van der Waals surface area (Å²) < 4.78 is 24.6. The molecule has 0 saturated carbocycles. The second-order valence-electron chi connectivity index (χ2n) is 6.59. The molecule has 1 N–H and O–H groups in total. The fourth-order valence-electron chi connectivity index (χ4n) is 1.93. The van der Waals surface area contributed by atoms with Crippen molar-refractivity contribution < 1.29 is 18.3 Å². The Bertz CT molecular complexity index is 615. The summed E-state index contributed by atoms with van der Waals surface area (Å²) >= 11 is 0. The topological polar surface area (TPSA) is 74.7 Å². The van der Waals surface area contributed by atoms with Gasteiger partial charge in [-0.1, -0.05) is 32.9 Å². The Morgan fingerprint density at radius 2 is 1.73 bits per heavy atom. The molecule has 1 aromatic carbocycles. The average Bonchev–Trinajstić information content (AvgIpc) is 2.43. The van der Waals surface area contributed by atoms with Gasteiger partial charge >= 0.3 is 5.97 Å². The van der Waals surface area contributed by atoms with E-state index in [0.717, 1.165) is 5.56 Å². The molecule has 0 aliphatic carbocycles. The molecule has 0 fully saturated rings. The number of hydrogen-bond acceptors (Lipinski definition) is 4. The number of sulfone groups is 1. The average molecular weight is 327 g/mol. The van der Waals surface area contributed by atoms with Crippen LogP contribution in [0.3, 0.4) is 0 Å². The normalized spacial score (nSPS) is 14.1. The largest absolute Gasteiger partial charge is 0.480 e. The molecule has 0 amide bonds. The van der Waals surface area contributed by atoms with Gasteiger partial charge in [0.2, 0.25) is 0 Å². The highest BCUT2D eigenvalue weighted by atomic mass is 32.2. The number of rotatable bonds is 6. The Balaban J connectivity index is 2.81. The minimum Gasteiger partial charge on any atom is -0.480 e. The van der Waals surface area contributed by atoms with Crippen molar-refractivity contribution in [2.24, 2.45) is 0 Å². The lowest BCUT2D eigenvalue weighted by Crippen LogP contribution is -2.38. The lowest BCUT2D eigenvalue weighted by Gasteiger charge is -2.21. The minimum absolute atomic E-state index is 0.0283. The summed E-state index contributed by atoms with van der Waals surface area (Å²) in [5.41, 5.74) is 1.04.